The van der Waals surface area contributed by atoms with Crippen LogP contribution in [0.4, 0.5) is 0 Å². The summed E-state index contributed by atoms with van der Waals surface area (Å²) in [6.45, 7) is 16.3. The number of aromatic nitrogens is 3. The second-order valence-corrected chi connectivity index (χ2v) is 11.1. The second kappa shape index (κ2) is 10.2. The summed E-state index contributed by atoms with van der Waals surface area (Å²) < 4.78 is 31.3. The lowest BCUT2D eigenvalue weighted by molar-refractivity contribution is -0.115. The van der Waals surface area contributed by atoms with Crippen LogP contribution in [0.2, 0.25) is 0 Å². The van der Waals surface area contributed by atoms with Crippen molar-refractivity contribution in [3.8, 4) is 0 Å². The monoisotopic (exact) mass is 471 g/mol. The molecule has 2 fully saturated rings. The number of hydrogen-bond acceptors (Lipinski definition) is 9. The van der Waals surface area contributed by atoms with Crippen LogP contribution in [-0.2, 0) is 36.8 Å². The average molecular weight is 472 g/mol. The Bertz CT molecular complexity index is 760. The fourth-order valence-corrected chi connectivity index (χ4v) is 4.07. The van der Waals surface area contributed by atoms with Gasteiger partial charge in [0.1, 0.15) is 42.3 Å². The minimum Gasteiger partial charge on any atom is -0.388 e. The molecule has 1 aromatic heterocycles. The predicted molar refractivity (Wildman–Crippen MR) is 120 cm³/mol. The third-order valence-corrected chi connectivity index (χ3v) is 5.69. The lowest BCUT2D eigenvalue weighted by Gasteiger charge is -2.29. The number of ether oxygens (including phenoxy) is 5. The van der Waals surface area contributed by atoms with Gasteiger partial charge in [0, 0.05) is 0 Å². The van der Waals surface area contributed by atoms with Crippen LogP contribution < -0.4 is 0 Å². The van der Waals surface area contributed by atoms with Crippen molar-refractivity contribution in [1.29, 1.82) is 0 Å². The molecule has 2 aliphatic heterocycles. The van der Waals surface area contributed by atoms with Gasteiger partial charge in [0.15, 0.2) is 0 Å². The van der Waals surface area contributed by atoms with Gasteiger partial charge in [0.25, 0.3) is 0 Å². The second-order valence-electron chi connectivity index (χ2n) is 11.1. The Morgan fingerprint density at radius 1 is 0.939 bits per heavy atom. The van der Waals surface area contributed by atoms with Crippen LogP contribution in [0, 0.1) is 0 Å². The molecule has 0 aromatic carbocycles. The van der Waals surface area contributed by atoms with E-state index in [0.717, 1.165) is 0 Å². The highest BCUT2D eigenvalue weighted by Crippen LogP contribution is 2.29. The van der Waals surface area contributed by atoms with Gasteiger partial charge in [0.05, 0.1) is 49.4 Å². The Labute approximate surface area is 196 Å². The number of aliphatic hydroxyl groups excluding tert-OH is 2. The largest absolute Gasteiger partial charge is 0.388 e. The van der Waals surface area contributed by atoms with Crippen molar-refractivity contribution in [2.75, 3.05) is 6.61 Å². The Kier molecular flexibility index (Phi) is 8.20. The molecule has 10 nitrogen and oxygen atoms in total. The first-order chi connectivity index (χ1) is 15.2. The van der Waals surface area contributed by atoms with Gasteiger partial charge in [-0.05, 0) is 55.4 Å². The van der Waals surface area contributed by atoms with Crippen LogP contribution in [0.5, 0.6) is 0 Å². The van der Waals surface area contributed by atoms with Crippen LogP contribution in [0.15, 0.2) is 6.20 Å². The van der Waals surface area contributed by atoms with Gasteiger partial charge in [-0.15, -0.1) is 5.10 Å². The first kappa shape index (κ1) is 26.5. The molecule has 2 aliphatic rings. The maximum atomic E-state index is 10.5. The average Bonchev–Trinajstić information content (AvgIpc) is 3.31. The van der Waals surface area contributed by atoms with Gasteiger partial charge in [0.2, 0.25) is 0 Å². The highest BCUT2D eigenvalue weighted by atomic mass is 16.6. The summed E-state index contributed by atoms with van der Waals surface area (Å²) in [4.78, 5) is 0. The highest BCUT2D eigenvalue weighted by Gasteiger charge is 2.45. The van der Waals surface area contributed by atoms with E-state index in [0.29, 0.717) is 18.8 Å². The molecule has 33 heavy (non-hydrogen) atoms. The molecule has 190 valence electrons. The van der Waals surface area contributed by atoms with Gasteiger partial charge in [-0.1, -0.05) is 5.21 Å². The first-order valence-electron chi connectivity index (χ1n) is 11.7. The summed E-state index contributed by atoms with van der Waals surface area (Å²) in [6, 6.07) is 0. The van der Waals surface area contributed by atoms with Crippen LogP contribution in [0.1, 0.15) is 61.1 Å². The van der Waals surface area contributed by atoms with E-state index in [1.165, 1.54) is 0 Å². The standard InChI is InChI=1S/C23H41N3O7/c1-13-18(27)20(17(32-13)12-30-22(3,4)5)29-11-15-9-26(25-24-15)10-16-21(33-23(6,7)8)19(28)14(2)31-16/h9,13-14,16-21,27-28H,10-12H2,1-8H3/t13-,14-,16+,17+,18?,19?,20-,21-/m0/s1. The fourth-order valence-electron chi connectivity index (χ4n) is 4.07. The van der Waals surface area contributed by atoms with Crippen LogP contribution >= 0.6 is 0 Å². The molecule has 0 radical (unpaired) electrons. The van der Waals surface area contributed by atoms with Gasteiger partial charge in [-0.2, -0.15) is 0 Å². The summed E-state index contributed by atoms with van der Waals surface area (Å²) in [6.07, 6.45) is -2.05. The summed E-state index contributed by atoms with van der Waals surface area (Å²) in [5, 5.41) is 29.4. The quantitative estimate of drug-likeness (QED) is 0.581. The van der Waals surface area contributed by atoms with Crippen molar-refractivity contribution in [2.24, 2.45) is 0 Å². The Hall–Kier alpha value is -1.14. The molecule has 1 aromatic rings. The predicted octanol–water partition coefficient (Wildman–Crippen LogP) is 1.46. The summed E-state index contributed by atoms with van der Waals surface area (Å²) >= 11 is 0. The Morgan fingerprint density at radius 3 is 2.15 bits per heavy atom. The van der Waals surface area contributed by atoms with E-state index in [-0.39, 0.29) is 36.6 Å². The number of hydrogen-bond donors (Lipinski definition) is 2. The van der Waals surface area contributed by atoms with E-state index >= 15 is 0 Å². The van der Waals surface area contributed by atoms with E-state index < -0.39 is 30.0 Å². The molecule has 0 bridgehead atoms. The third kappa shape index (κ3) is 7.17. The van der Waals surface area contributed by atoms with Crippen molar-refractivity contribution >= 4 is 0 Å². The van der Waals surface area contributed by atoms with E-state index in [1.807, 2.05) is 55.4 Å². The molecule has 2 N–H and O–H groups in total. The van der Waals surface area contributed by atoms with Gasteiger partial charge >= 0.3 is 0 Å². The van der Waals surface area contributed by atoms with E-state index in [9.17, 15) is 10.2 Å². The number of nitrogens with zero attached hydrogens (tertiary/aromatic N) is 3. The van der Waals surface area contributed by atoms with E-state index in [2.05, 4.69) is 10.3 Å². The van der Waals surface area contributed by atoms with Gasteiger partial charge in [-0.25, -0.2) is 4.68 Å². The van der Waals surface area contributed by atoms with Crippen LogP contribution in [0.3, 0.4) is 0 Å². The maximum absolute atomic E-state index is 10.5. The normalized spacial score (nSPS) is 35.5. The molecular formula is C23H41N3O7. The molecule has 10 heteroatoms. The minimum atomic E-state index is -0.751. The molecule has 0 amide bonds. The Morgan fingerprint density at radius 2 is 1.55 bits per heavy atom. The van der Waals surface area contributed by atoms with Crippen LogP contribution in [0.25, 0.3) is 0 Å². The highest BCUT2D eigenvalue weighted by molar-refractivity contribution is 4.96. The lowest BCUT2D eigenvalue weighted by atomic mass is 10.1. The maximum Gasteiger partial charge on any atom is 0.115 e. The van der Waals surface area contributed by atoms with Crippen molar-refractivity contribution in [3.05, 3.63) is 11.9 Å². The van der Waals surface area contributed by atoms with Crippen molar-refractivity contribution < 1.29 is 33.9 Å². The molecule has 3 heterocycles. The summed E-state index contributed by atoms with van der Waals surface area (Å²) in [5.74, 6) is 0. The molecule has 0 saturated carbocycles. The van der Waals surface area contributed by atoms with E-state index in [1.54, 1.807) is 10.9 Å². The molecule has 0 spiro atoms. The summed E-state index contributed by atoms with van der Waals surface area (Å²) in [7, 11) is 0. The third-order valence-electron chi connectivity index (χ3n) is 5.69. The first-order valence-corrected chi connectivity index (χ1v) is 11.7. The molecule has 8 atom stereocenters. The zero-order valence-electron chi connectivity index (χ0n) is 21.1. The molecule has 0 aliphatic carbocycles. The van der Waals surface area contributed by atoms with Crippen molar-refractivity contribution in [1.82, 2.24) is 15.0 Å². The number of aliphatic hydroxyl groups is 2. The van der Waals surface area contributed by atoms with E-state index in [4.69, 9.17) is 23.7 Å². The fraction of sp³-hybridized carbons (Fsp3) is 0.913. The van der Waals surface area contributed by atoms with Crippen molar-refractivity contribution in [3.63, 3.8) is 0 Å². The zero-order chi connectivity index (χ0) is 24.6. The topological polar surface area (TPSA) is 117 Å². The zero-order valence-corrected chi connectivity index (χ0v) is 21.1. The van der Waals surface area contributed by atoms with Crippen LogP contribution in [-0.4, -0.2) is 91.8 Å². The van der Waals surface area contributed by atoms with Gasteiger partial charge in [-0.3, -0.25) is 0 Å². The molecular weight excluding hydrogens is 430 g/mol. The Balaban J connectivity index is 1.57. The minimum absolute atomic E-state index is 0.177. The van der Waals surface area contributed by atoms with Crippen molar-refractivity contribution in [2.45, 2.75) is 129 Å². The molecule has 2 unspecified atom stereocenters. The summed E-state index contributed by atoms with van der Waals surface area (Å²) in [5.41, 5.74) is -0.0973. The lowest BCUT2D eigenvalue weighted by Crippen LogP contribution is -2.41. The number of rotatable bonds is 8. The SMILES string of the molecule is C[C@@H]1O[C@H](COC(C)(C)C)[C@H](OCc2cn(C[C@H]3O[C@@H](C)C(O)[C@H]3OC(C)(C)C)nn2)C1O. The smallest absolute Gasteiger partial charge is 0.115 e. The van der Waals surface area contributed by atoms with Gasteiger partial charge < -0.3 is 33.9 Å². The molecule has 3 rings (SSSR count). The molecule has 2 saturated heterocycles.